The quantitative estimate of drug-likeness (QED) is 0.0740. The van der Waals surface area contributed by atoms with Crippen LogP contribution in [-0.4, -0.2) is 87.5 Å². The molecule has 0 saturated heterocycles. The second kappa shape index (κ2) is 22.3. The third-order valence-corrected chi connectivity index (χ3v) is 7.52. The van der Waals surface area contributed by atoms with E-state index in [0.29, 0.717) is 12.1 Å². The van der Waals surface area contributed by atoms with Gasteiger partial charge in [0.15, 0.2) is 19.7 Å². The molecule has 0 aliphatic carbocycles. The molecule has 0 saturated carbocycles. The Morgan fingerprint density at radius 3 is 1.18 bits per heavy atom. The van der Waals surface area contributed by atoms with Crippen molar-refractivity contribution >= 4 is 29.7 Å². The Bertz CT molecular complexity index is 3550. The number of hydrogen-bond donors (Lipinski definition) is 3. The largest absolute Gasteiger partial charge is 0.481 e. The van der Waals surface area contributed by atoms with Gasteiger partial charge < -0.3 is 39.3 Å². The number of carboxylic acid groups (broad SMARTS) is 3. The molecule has 0 spiro atoms. The standard InChI is InChI=1S/C47H48N2O11.Yb/c1-6-48(46(56)32-14-10-8-11-15-32)24-34-18-29(3)20-36(43(34)58-26-40(50)51)38-22-31(5)23-39(45(38)60-28-42(54)55)37-21-30(4)19-35(44(37)59-27-41(52)53)25-49(7-2)47(57)33-16-12-9-13-17-33;/h8-23H,6-7,24-28H2,1-5H3,(H,50,51)(H,52,53)(H,54,55);/i1D3,2D3,6D2,7D2,8D,9D,10D,11D,12D,13D,14D,15D,16D,17D,24D2,25D2,26D2,27D2,28D2;. The molecule has 0 aliphatic rings. The van der Waals surface area contributed by atoms with E-state index < -0.39 is 232 Å². The molecule has 0 bridgehead atoms. The van der Waals surface area contributed by atoms with Gasteiger partial charge in [-0.25, -0.2) is 14.4 Å². The van der Waals surface area contributed by atoms with E-state index >= 15 is 0 Å². The third-order valence-electron chi connectivity index (χ3n) is 7.52. The SMILES string of the molecule is [2H]c1c([2H])c([2H])c(C(=O)N(C([2H])([2H])c2cc(C)cc(-c3cc(C)cc(-c4cc(C)cc(C([2H])([2H])N(C(=O)c5c([2H])c([2H])c([2H])c([2H])c5[2H])C([2H])([2H])C([2H])([2H])[2H])c4OC([2H])([2H])C(=O)O)c3OC([2H])([2H])C(=O)O)c2OC([2H])([2H])C(=O)O)C([2H])([2H])C([2H])([2H])[2H])c([2H])c1[2H].[Yb]. The van der Waals surface area contributed by atoms with E-state index in [9.17, 15) is 44.8 Å². The number of ether oxygens (including phenoxy) is 3. The fourth-order valence-electron chi connectivity index (χ4n) is 5.34. The van der Waals surface area contributed by atoms with Crippen molar-refractivity contribution in [3.8, 4) is 39.5 Å². The Labute approximate surface area is 435 Å². The van der Waals surface area contributed by atoms with Gasteiger partial charge in [0.2, 0.25) is 0 Å². The molecule has 5 aromatic rings. The molecular weight excluding hydrogens is 942 g/mol. The van der Waals surface area contributed by atoms with E-state index in [2.05, 4.69) is 0 Å². The smallest absolute Gasteiger partial charge is 0.341 e. The molecule has 13 nitrogen and oxygen atoms in total. The molecular formula is C47H48N2O11Yb. The van der Waals surface area contributed by atoms with E-state index in [1.807, 2.05) is 0 Å². The first-order chi connectivity index (χ1) is 40.4. The average molecular weight is 1020 g/mol. The van der Waals surface area contributed by atoms with Crippen LogP contribution in [0.2, 0.25) is 0 Å². The molecule has 0 atom stereocenters. The van der Waals surface area contributed by atoms with E-state index in [1.54, 1.807) is 0 Å². The predicted octanol–water partition coefficient (Wildman–Crippen LogP) is 7.66. The molecule has 0 radical (unpaired) electrons. The number of benzene rings is 5. The molecule has 5 aromatic carbocycles. The minimum Gasteiger partial charge on any atom is -0.481 e. The number of carbonyl (C=O) groups excluding carboxylic acids is 2. The van der Waals surface area contributed by atoms with E-state index in [-0.39, 0.29) is 52.5 Å². The number of aliphatic carboxylic acids is 3. The first kappa shape index (κ1) is 21.0. The summed E-state index contributed by atoms with van der Waals surface area (Å²) in [5.74, 6) is -17.0. The van der Waals surface area contributed by atoms with Crippen molar-refractivity contribution < 1.29 is 142 Å². The van der Waals surface area contributed by atoms with Gasteiger partial charge in [-0.1, -0.05) is 48.4 Å². The van der Waals surface area contributed by atoms with Crippen LogP contribution in [0.25, 0.3) is 22.3 Å². The van der Waals surface area contributed by atoms with E-state index in [0.717, 1.165) is 45.0 Å². The minimum atomic E-state index is -4.44. The van der Waals surface area contributed by atoms with Gasteiger partial charge in [-0.2, -0.15) is 0 Å². The Kier molecular flexibility index (Phi) is 7.66. The van der Waals surface area contributed by atoms with Crippen molar-refractivity contribution in [3.05, 3.63) is 136 Å². The number of carbonyl (C=O) groups is 5. The summed E-state index contributed by atoms with van der Waals surface area (Å²) in [6, 6.07) is -9.10. The second-order valence-corrected chi connectivity index (χ2v) is 11.8. The molecule has 0 unspecified atom stereocenters. The monoisotopic (exact) mass is 1020 g/mol. The van der Waals surface area contributed by atoms with Crippen molar-refractivity contribution in [1.82, 2.24) is 9.80 Å². The van der Waals surface area contributed by atoms with Crippen LogP contribution in [0.15, 0.2) is 96.8 Å². The molecule has 61 heavy (non-hydrogen) atoms. The van der Waals surface area contributed by atoms with E-state index in [4.69, 9.17) is 49.9 Å². The summed E-state index contributed by atoms with van der Waals surface area (Å²) in [7, 11) is 0. The van der Waals surface area contributed by atoms with Crippen molar-refractivity contribution in [2.24, 2.45) is 0 Å². The van der Waals surface area contributed by atoms with Gasteiger partial charge in [-0.3, -0.25) is 9.59 Å². The number of carboxylic acids is 3. The minimum absolute atomic E-state index is 0. The van der Waals surface area contributed by atoms with Crippen LogP contribution in [0.1, 0.15) is 103 Å². The first-order valence-corrected chi connectivity index (χ1v) is 16.5. The normalized spacial score (nSPS) is 19.8. The maximum absolute atomic E-state index is 14.8. The molecule has 14 heteroatoms. The Morgan fingerprint density at radius 2 is 0.852 bits per heavy atom. The average Bonchev–Trinajstić information content (AvgIpc) is 0.735. The molecule has 0 fully saturated rings. The molecule has 0 heterocycles. The number of aryl methyl sites for hydroxylation is 3. The van der Waals surface area contributed by atoms with Gasteiger partial charge in [-0.15, -0.1) is 0 Å². The topological polar surface area (TPSA) is 180 Å². The number of nitrogens with zero attached hydrogens (tertiary/aromatic N) is 2. The van der Waals surface area contributed by atoms with Gasteiger partial charge in [0, 0.05) is 131 Å². The van der Waals surface area contributed by atoms with Crippen molar-refractivity contribution in [3.63, 3.8) is 0 Å². The first-order valence-electron chi connectivity index (χ1n) is 31.5. The van der Waals surface area contributed by atoms with Gasteiger partial charge >= 0.3 is 17.9 Å². The van der Waals surface area contributed by atoms with Crippen LogP contribution in [0.4, 0.5) is 0 Å². The van der Waals surface area contributed by atoms with Gasteiger partial charge in [-0.05, 0) is 99.6 Å². The Balaban J connectivity index is 0.0000177. The zero-order valence-corrected chi connectivity index (χ0v) is 32.9. The van der Waals surface area contributed by atoms with Crippen molar-refractivity contribution in [1.29, 1.82) is 0 Å². The zero-order chi connectivity index (χ0) is 69.8. The fourth-order valence-corrected chi connectivity index (χ4v) is 5.34. The van der Waals surface area contributed by atoms with Gasteiger partial charge in [0.25, 0.3) is 11.8 Å². The zero-order valence-electron chi connectivity index (χ0n) is 61.2. The summed E-state index contributed by atoms with van der Waals surface area (Å²) < 4.78 is 272. The molecule has 326 valence electrons. The number of amides is 2. The van der Waals surface area contributed by atoms with Crippen LogP contribution < -0.4 is 14.2 Å². The predicted molar refractivity (Wildman–Crippen MR) is 225 cm³/mol. The molecule has 0 aromatic heterocycles. The van der Waals surface area contributed by atoms with Crippen molar-refractivity contribution in [2.75, 3.05) is 32.7 Å². The third kappa shape index (κ3) is 12.5. The fraction of sp³-hybridized carbons (Fsp3) is 0.255. The Morgan fingerprint density at radius 1 is 0.541 bits per heavy atom. The van der Waals surface area contributed by atoms with Crippen LogP contribution in [0.5, 0.6) is 17.2 Å². The molecule has 3 N–H and O–H groups in total. The molecule has 0 aliphatic heterocycles. The van der Waals surface area contributed by atoms with Gasteiger partial charge in [0.1, 0.15) is 17.2 Å². The van der Waals surface area contributed by atoms with E-state index in [1.165, 1.54) is 0 Å². The maximum atomic E-state index is 14.8. The van der Waals surface area contributed by atoms with Gasteiger partial charge in [0.05, 0.1) is 27.4 Å². The van der Waals surface area contributed by atoms with Crippen LogP contribution >= 0.6 is 0 Å². The van der Waals surface area contributed by atoms with Crippen LogP contribution in [-0.2, 0) is 27.4 Å². The summed E-state index contributed by atoms with van der Waals surface area (Å²) in [6.07, 6.45) is 0. The van der Waals surface area contributed by atoms with Crippen LogP contribution in [0.3, 0.4) is 0 Å². The maximum Gasteiger partial charge on any atom is 0.341 e. The summed E-state index contributed by atoms with van der Waals surface area (Å²) in [5.41, 5.74) is -11.6. The van der Waals surface area contributed by atoms with Crippen LogP contribution in [0, 0.1) is 67.7 Å². The Hall–Kier alpha value is -5.63. The molecule has 5 rings (SSSR count). The summed E-state index contributed by atoms with van der Waals surface area (Å²) in [4.78, 5) is 66.0. The summed E-state index contributed by atoms with van der Waals surface area (Å²) in [5, 5.41) is 30.5. The second-order valence-electron chi connectivity index (χ2n) is 11.8. The van der Waals surface area contributed by atoms with Crippen molar-refractivity contribution in [2.45, 2.75) is 47.5 Å². The summed E-state index contributed by atoms with van der Waals surface area (Å²) >= 11 is 0. The summed E-state index contributed by atoms with van der Waals surface area (Å²) in [6.45, 7) is -35.4. The number of hydrogen-bond acceptors (Lipinski definition) is 8. The number of rotatable bonds is 19. The molecule has 2 amide bonds.